The Balaban J connectivity index is 1.60. The van der Waals surface area contributed by atoms with Gasteiger partial charge in [0, 0.05) is 11.4 Å². The lowest BCUT2D eigenvalue weighted by Gasteiger charge is -2.09. The van der Waals surface area contributed by atoms with Crippen molar-refractivity contribution in [1.29, 1.82) is 0 Å². The van der Waals surface area contributed by atoms with E-state index in [1.807, 2.05) is 63.2 Å². The third kappa shape index (κ3) is 4.63. The van der Waals surface area contributed by atoms with E-state index >= 15 is 0 Å². The first-order chi connectivity index (χ1) is 14.8. The van der Waals surface area contributed by atoms with Crippen LogP contribution in [0.1, 0.15) is 16.7 Å². The van der Waals surface area contributed by atoms with E-state index in [4.69, 9.17) is 12.2 Å². The Morgan fingerprint density at radius 2 is 1.87 bits per heavy atom. The zero-order valence-corrected chi connectivity index (χ0v) is 19.6. The van der Waals surface area contributed by atoms with Gasteiger partial charge in [0.1, 0.15) is 4.70 Å². The fraction of sp³-hybridized carbons (Fsp3) is 0.182. The zero-order chi connectivity index (χ0) is 22.1. The van der Waals surface area contributed by atoms with Crippen molar-refractivity contribution < 1.29 is 4.79 Å². The number of nitrogens with zero attached hydrogens (tertiary/aromatic N) is 2. The Bertz CT molecular complexity index is 1400. The van der Waals surface area contributed by atoms with Gasteiger partial charge in [-0.15, -0.1) is 0 Å². The number of anilines is 1. The predicted octanol–water partition coefficient (Wildman–Crippen LogP) is 5.16. The lowest BCUT2D eigenvalue weighted by Crippen LogP contribution is -2.16. The number of amides is 1. The number of benzene rings is 2. The molecule has 0 aliphatic heterocycles. The van der Waals surface area contributed by atoms with Crippen LogP contribution in [0.15, 0.2) is 52.4 Å². The number of aromatic amines is 1. The monoisotopic (exact) mass is 468 g/mol. The van der Waals surface area contributed by atoms with Crippen LogP contribution in [0.4, 0.5) is 5.69 Å². The molecule has 6 nitrogen and oxygen atoms in total. The predicted molar refractivity (Wildman–Crippen MR) is 130 cm³/mol. The molecule has 0 aliphatic rings. The molecule has 9 heteroatoms. The summed E-state index contributed by atoms with van der Waals surface area (Å²) in [6.45, 7) is 5.93. The maximum absolute atomic E-state index is 12.6. The van der Waals surface area contributed by atoms with Gasteiger partial charge in [0.15, 0.2) is 14.8 Å². The van der Waals surface area contributed by atoms with Crippen molar-refractivity contribution in [3.8, 4) is 5.69 Å². The number of aryl methyl sites for hydroxylation is 3. The van der Waals surface area contributed by atoms with E-state index < -0.39 is 0 Å². The first-order valence-electron chi connectivity index (χ1n) is 9.54. The third-order valence-electron chi connectivity index (χ3n) is 4.72. The number of thioether (sulfide) groups is 1. The maximum Gasteiger partial charge on any atom is 0.271 e. The molecule has 2 aromatic heterocycles. The highest BCUT2D eigenvalue weighted by molar-refractivity contribution is 7.99. The number of hydrogen-bond donors (Lipinski definition) is 2. The Labute approximate surface area is 192 Å². The van der Waals surface area contributed by atoms with E-state index in [0.717, 1.165) is 28.1 Å². The molecule has 0 unspecified atom stereocenters. The van der Waals surface area contributed by atoms with Gasteiger partial charge < -0.3 is 10.3 Å². The van der Waals surface area contributed by atoms with Crippen molar-refractivity contribution in [1.82, 2.24) is 14.5 Å². The molecule has 0 atom stereocenters. The van der Waals surface area contributed by atoms with Gasteiger partial charge in [-0.3, -0.25) is 14.2 Å². The van der Waals surface area contributed by atoms with Crippen LogP contribution in [0.5, 0.6) is 0 Å². The smallest absolute Gasteiger partial charge is 0.271 e. The molecule has 2 aromatic carbocycles. The minimum atomic E-state index is -0.260. The normalized spacial score (nSPS) is 11.1. The molecule has 4 rings (SSSR count). The van der Waals surface area contributed by atoms with Crippen LogP contribution in [-0.2, 0) is 4.79 Å². The lowest BCUT2D eigenvalue weighted by atomic mass is 10.1. The second-order valence-electron chi connectivity index (χ2n) is 7.22. The number of nitrogens with one attached hydrogen (secondary N) is 2. The third-order valence-corrected chi connectivity index (χ3v) is 6.96. The highest BCUT2D eigenvalue weighted by Crippen LogP contribution is 2.25. The average Bonchev–Trinajstić information content (AvgIpc) is 3.06. The molecule has 0 saturated heterocycles. The summed E-state index contributed by atoms with van der Waals surface area (Å²) in [7, 11) is 0. The van der Waals surface area contributed by atoms with Gasteiger partial charge in [-0.1, -0.05) is 52.9 Å². The molecule has 0 spiro atoms. The van der Waals surface area contributed by atoms with Crippen LogP contribution in [0.3, 0.4) is 0 Å². The van der Waals surface area contributed by atoms with Crippen molar-refractivity contribution in [3.63, 3.8) is 0 Å². The van der Waals surface area contributed by atoms with Crippen LogP contribution in [0, 0.1) is 24.7 Å². The number of hydrogen-bond acceptors (Lipinski definition) is 6. The SMILES string of the molecule is Cc1ccc(-n2c(=S)sc3c(=O)[nH]c(SCC(=O)Nc4cc(C)ccc4C)nc32)cc1. The maximum atomic E-state index is 12.6. The highest BCUT2D eigenvalue weighted by atomic mass is 32.2. The van der Waals surface area contributed by atoms with Crippen LogP contribution in [-0.4, -0.2) is 26.2 Å². The molecule has 2 N–H and O–H groups in total. The molecular weight excluding hydrogens is 448 g/mol. The minimum Gasteiger partial charge on any atom is -0.325 e. The molecule has 0 radical (unpaired) electrons. The van der Waals surface area contributed by atoms with E-state index in [0.29, 0.717) is 19.5 Å². The van der Waals surface area contributed by atoms with E-state index in [1.54, 1.807) is 4.57 Å². The second-order valence-corrected chi connectivity index (χ2v) is 9.83. The summed E-state index contributed by atoms with van der Waals surface area (Å²) in [5, 5.41) is 3.30. The number of fused-ring (bicyclic) bond motifs is 1. The minimum absolute atomic E-state index is 0.122. The molecule has 158 valence electrons. The Morgan fingerprint density at radius 1 is 1.16 bits per heavy atom. The van der Waals surface area contributed by atoms with Crippen LogP contribution in [0.25, 0.3) is 16.0 Å². The Morgan fingerprint density at radius 3 is 2.61 bits per heavy atom. The first kappa shape index (κ1) is 21.5. The number of thiazole rings is 1. The quantitative estimate of drug-likeness (QED) is 0.240. The standard InChI is InChI=1S/C22H20N4O2S3/c1-12-5-8-15(9-6-12)26-19-18(31-22(26)29)20(28)25-21(24-19)30-11-17(27)23-16-10-13(2)4-7-14(16)3/h4-10H,11H2,1-3H3,(H,23,27)(H,24,25,28). The summed E-state index contributed by atoms with van der Waals surface area (Å²) in [6, 6.07) is 13.8. The fourth-order valence-electron chi connectivity index (χ4n) is 3.07. The van der Waals surface area contributed by atoms with E-state index in [-0.39, 0.29) is 17.2 Å². The van der Waals surface area contributed by atoms with E-state index in [2.05, 4.69) is 15.3 Å². The van der Waals surface area contributed by atoms with Gasteiger partial charge in [-0.25, -0.2) is 4.98 Å². The molecule has 31 heavy (non-hydrogen) atoms. The van der Waals surface area contributed by atoms with E-state index in [1.165, 1.54) is 23.1 Å². The number of H-pyrrole nitrogens is 1. The highest BCUT2D eigenvalue weighted by Gasteiger charge is 2.15. The summed E-state index contributed by atoms with van der Waals surface area (Å²) in [5.74, 6) is -0.0424. The molecule has 0 aliphatic carbocycles. The van der Waals surface area contributed by atoms with Gasteiger partial charge in [0.2, 0.25) is 5.91 Å². The first-order valence-corrected chi connectivity index (χ1v) is 11.8. The summed E-state index contributed by atoms with van der Waals surface area (Å²) in [4.78, 5) is 32.4. The van der Waals surface area contributed by atoms with Gasteiger partial charge in [0.25, 0.3) is 5.56 Å². The molecule has 2 heterocycles. The number of carbonyl (C=O) groups excluding carboxylic acids is 1. The van der Waals surface area contributed by atoms with Crippen molar-refractivity contribution in [2.45, 2.75) is 25.9 Å². The van der Waals surface area contributed by atoms with Gasteiger partial charge in [-0.2, -0.15) is 0 Å². The Kier molecular flexibility index (Phi) is 6.08. The molecule has 0 bridgehead atoms. The summed E-state index contributed by atoms with van der Waals surface area (Å²) < 4.78 is 2.81. The summed E-state index contributed by atoms with van der Waals surface area (Å²) in [6.07, 6.45) is 0. The average molecular weight is 469 g/mol. The van der Waals surface area contributed by atoms with Crippen LogP contribution < -0.4 is 10.9 Å². The number of aromatic nitrogens is 3. The van der Waals surface area contributed by atoms with Crippen molar-refractivity contribution in [3.05, 3.63) is 73.5 Å². The van der Waals surface area contributed by atoms with E-state index in [9.17, 15) is 9.59 Å². The van der Waals surface area contributed by atoms with Crippen LogP contribution >= 0.6 is 35.3 Å². The summed E-state index contributed by atoms with van der Waals surface area (Å²) in [5.41, 5.74) is 5.07. The lowest BCUT2D eigenvalue weighted by molar-refractivity contribution is -0.113. The molecule has 0 saturated carbocycles. The van der Waals surface area contributed by atoms with Gasteiger partial charge >= 0.3 is 0 Å². The Hall–Kier alpha value is -2.75. The molecule has 4 aromatic rings. The van der Waals surface area contributed by atoms with Gasteiger partial charge in [0.05, 0.1) is 5.75 Å². The number of carbonyl (C=O) groups is 1. The number of rotatable bonds is 5. The molecule has 0 fully saturated rings. The fourth-order valence-corrected chi connectivity index (χ4v) is 5.00. The largest absolute Gasteiger partial charge is 0.325 e. The van der Waals surface area contributed by atoms with Crippen molar-refractivity contribution in [2.24, 2.45) is 0 Å². The van der Waals surface area contributed by atoms with Crippen molar-refractivity contribution >= 4 is 57.3 Å². The summed E-state index contributed by atoms with van der Waals surface area (Å²) >= 11 is 7.90. The molecular formula is C22H20N4O2S3. The second kappa shape index (κ2) is 8.78. The van der Waals surface area contributed by atoms with Gasteiger partial charge in [-0.05, 0) is 62.3 Å². The topological polar surface area (TPSA) is 79.8 Å². The zero-order valence-electron chi connectivity index (χ0n) is 17.2. The van der Waals surface area contributed by atoms with Crippen molar-refractivity contribution in [2.75, 3.05) is 11.1 Å². The molecule has 1 amide bonds. The van der Waals surface area contributed by atoms with Crippen LogP contribution in [0.2, 0.25) is 0 Å².